The van der Waals surface area contributed by atoms with Crippen LogP contribution in [0.3, 0.4) is 0 Å². The largest absolute Gasteiger partial charge is 0.497 e. The number of imidazole rings is 1. The fourth-order valence-electron chi connectivity index (χ4n) is 5.52. The van der Waals surface area contributed by atoms with E-state index in [0.29, 0.717) is 49.9 Å². The summed E-state index contributed by atoms with van der Waals surface area (Å²) in [6, 6.07) is 13.7. The van der Waals surface area contributed by atoms with Gasteiger partial charge in [0.05, 0.1) is 45.8 Å². The van der Waals surface area contributed by atoms with Crippen molar-refractivity contribution in [2.45, 2.75) is 26.2 Å². The van der Waals surface area contributed by atoms with Gasteiger partial charge < -0.3 is 39.4 Å². The number of nitrogens with one attached hydrogen (secondary N) is 2. The van der Waals surface area contributed by atoms with Crippen LogP contribution in [0.25, 0.3) is 11.2 Å². The van der Waals surface area contributed by atoms with Crippen LogP contribution >= 0.6 is 0 Å². The Morgan fingerprint density at radius 2 is 2.00 bits per heavy atom. The molecule has 1 fully saturated rings. The van der Waals surface area contributed by atoms with Gasteiger partial charge >= 0.3 is 6.03 Å². The van der Waals surface area contributed by atoms with Crippen LogP contribution in [0.2, 0.25) is 0 Å². The maximum absolute atomic E-state index is 13.1. The first kappa shape index (κ1) is 28.6. The van der Waals surface area contributed by atoms with E-state index >= 15 is 0 Å². The number of hydrogen-bond acceptors (Lipinski definition) is 10. The first-order valence-corrected chi connectivity index (χ1v) is 14.4. The molecule has 1 amide bonds. The summed E-state index contributed by atoms with van der Waals surface area (Å²) in [4.78, 5) is 27.0. The SMILES string of the molecule is COc1ccc(CN(C)c2cc3nc4c2ncn4C(=O)NCCOCc2cc(cc(N4CCOC(C)C4)c2)N3)c(OC)c1. The zero-order valence-electron chi connectivity index (χ0n) is 24.9. The number of carbonyl (C=O) groups excluding carboxylic acids is 1. The van der Waals surface area contributed by atoms with E-state index < -0.39 is 0 Å². The third-order valence-electron chi connectivity index (χ3n) is 7.66. The number of hydrogen-bond donors (Lipinski definition) is 2. The first-order valence-electron chi connectivity index (χ1n) is 14.4. The second kappa shape index (κ2) is 12.4. The highest BCUT2D eigenvalue weighted by Gasteiger charge is 2.21. The maximum atomic E-state index is 13.1. The lowest BCUT2D eigenvalue weighted by molar-refractivity contribution is 0.0532. The molecule has 12 nitrogen and oxygen atoms in total. The van der Waals surface area contributed by atoms with Crippen LogP contribution in [-0.2, 0) is 22.6 Å². The van der Waals surface area contributed by atoms with Crippen LogP contribution in [0.5, 0.6) is 11.5 Å². The molecule has 2 N–H and O–H groups in total. The van der Waals surface area contributed by atoms with Gasteiger partial charge in [-0.15, -0.1) is 0 Å². The Hall–Kier alpha value is -4.55. The van der Waals surface area contributed by atoms with E-state index in [1.807, 2.05) is 31.3 Å². The normalized spacial score (nSPS) is 17.3. The van der Waals surface area contributed by atoms with Gasteiger partial charge in [-0.25, -0.2) is 19.3 Å². The van der Waals surface area contributed by atoms with Crippen molar-refractivity contribution in [1.82, 2.24) is 19.9 Å². The Bertz CT molecular complexity index is 1620. The summed E-state index contributed by atoms with van der Waals surface area (Å²) in [5.41, 5.74) is 5.83. The zero-order valence-corrected chi connectivity index (χ0v) is 24.9. The molecule has 12 heteroatoms. The van der Waals surface area contributed by atoms with Crippen molar-refractivity contribution in [2.75, 3.05) is 69.2 Å². The molecule has 2 aliphatic rings. The van der Waals surface area contributed by atoms with Crippen LogP contribution in [0.1, 0.15) is 18.1 Å². The van der Waals surface area contributed by atoms with Crippen molar-refractivity contribution in [3.63, 3.8) is 0 Å². The number of nitrogens with zero attached hydrogens (tertiary/aromatic N) is 5. The minimum atomic E-state index is -0.319. The van der Waals surface area contributed by atoms with Crippen molar-refractivity contribution >= 4 is 40.1 Å². The summed E-state index contributed by atoms with van der Waals surface area (Å²) in [5, 5.41) is 6.42. The maximum Gasteiger partial charge on any atom is 0.328 e. The highest BCUT2D eigenvalue weighted by Crippen LogP contribution is 2.33. The molecule has 0 radical (unpaired) electrons. The summed E-state index contributed by atoms with van der Waals surface area (Å²) in [5.74, 6) is 2.03. The molecule has 4 bridgehead atoms. The number of rotatable bonds is 6. The summed E-state index contributed by atoms with van der Waals surface area (Å²) in [6.45, 7) is 6.06. The molecule has 2 aromatic heterocycles. The second-order valence-electron chi connectivity index (χ2n) is 10.8. The molecule has 1 atom stereocenters. The number of fused-ring (bicyclic) bond motifs is 3. The predicted octanol–water partition coefficient (Wildman–Crippen LogP) is 4.14. The first-order chi connectivity index (χ1) is 20.9. The average molecular weight is 588 g/mol. The molecule has 2 aliphatic heterocycles. The van der Waals surface area contributed by atoms with Gasteiger partial charge in [0, 0.05) is 62.3 Å². The molecular formula is C31H37N7O5. The monoisotopic (exact) mass is 587 g/mol. The molecule has 1 saturated heterocycles. The zero-order chi connectivity index (χ0) is 29.9. The Balaban J connectivity index is 1.41. The number of methoxy groups -OCH3 is 2. The Morgan fingerprint density at radius 1 is 1.12 bits per heavy atom. The molecule has 0 saturated carbocycles. The van der Waals surface area contributed by atoms with Gasteiger partial charge in [0.2, 0.25) is 0 Å². The summed E-state index contributed by atoms with van der Waals surface area (Å²) >= 11 is 0. The van der Waals surface area contributed by atoms with E-state index in [1.54, 1.807) is 14.2 Å². The van der Waals surface area contributed by atoms with Crippen LogP contribution in [0, 0.1) is 0 Å². The quantitative estimate of drug-likeness (QED) is 0.341. The van der Waals surface area contributed by atoms with E-state index in [0.717, 1.165) is 52.8 Å². The summed E-state index contributed by atoms with van der Waals surface area (Å²) in [7, 11) is 5.26. The van der Waals surface area contributed by atoms with Crippen molar-refractivity contribution < 1.29 is 23.7 Å². The number of aromatic nitrogens is 3. The molecular weight excluding hydrogens is 550 g/mol. The molecule has 0 spiro atoms. The number of benzene rings is 2. The van der Waals surface area contributed by atoms with Gasteiger partial charge in [-0.3, -0.25) is 0 Å². The average Bonchev–Trinajstić information content (AvgIpc) is 3.44. The van der Waals surface area contributed by atoms with Crippen LogP contribution < -0.4 is 29.9 Å². The third kappa shape index (κ3) is 6.15. The van der Waals surface area contributed by atoms with Crippen LogP contribution in [0.15, 0.2) is 48.8 Å². The van der Waals surface area contributed by atoms with Crippen molar-refractivity contribution in [3.05, 3.63) is 59.9 Å². The summed E-state index contributed by atoms with van der Waals surface area (Å²) < 4.78 is 24.2. The van der Waals surface area contributed by atoms with Crippen LogP contribution in [-0.4, -0.2) is 80.8 Å². The Morgan fingerprint density at radius 3 is 2.81 bits per heavy atom. The van der Waals surface area contributed by atoms with Crippen molar-refractivity contribution in [2.24, 2.45) is 0 Å². The van der Waals surface area contributed by atoms with E-state index in [4.69, 9.17) is 23.9 Å². The van der Waals surface area contributed by atoms with Gasteiger partial charge in [0.25, 0.3) is 0 Å². The molecule has 4 heterocycles. The number of carbonyl (C=O) groups is 1. The number of amides is 1. The van der Waals surface area contributed by atoms with Gasteiger partial charge in [-0.05, 0) is 42.8 Å². The lowest BCUT2D eigenvalue weighted by Crippen LogP contribution is -2.41. The molecule has 2 aromatic carbocycles. The van der Waals surface area contributed by atoms with Gasteiger partial charge in [-0.2, -0.15) is 0 Å². The lowest BCUT2D eigenvalue weighted by atomic mass is 10.1. The van der Waals surface area contributed by atoms with E-state index in [2.05, 4.69) is 50.5 Å². The van der Waals surface area contributed by atoms with E-state index in [9.17, 15) is 4.79 Å². The fourth-order valence-corrected chi connectivity index (χ4v) is 5.52. The standard InChI is InChI=1S/C31H37N7O5/c1-20-16-37(8-10-43-20)24-12-21-11-23(13-24)34-28-15-26(36(2)17-22-5-6-25(40-3)14-27(22)41-4)29-30(35-28)38(19-33-29)31(39)32-7-9-42-18-21/h5-6,11-15,19-20H,7-10,16-18H2,1-4H3,(H,32,39)(H,34,35). The number of morpholine rings is 1. The number of pyridine rings is 1. The fraction of sp³-hybridized carbons (Fsp3) is 0.387. The van der Waals surface area contributed by atoms with E-state index in [-0.39, 0.29) is 12.1 Å². The summed E-state index contributed by atoms with van der Waals surface area (Å²) in [6.07, 6.45) is 1.66. The van der Waals surface area contributed by atoms with Gasteiger partial charge in [-0.1, -0.05) is 0 Å². The van der Waals surface area contributed by atoms with Gasteiger partial charge in [0.15, 0.2) is 5.65 Å². The molecule has 4 aromatic rings. The number of ether oxygens (including phenoxy) is 4. The van der Waals surface area contributed by atoms with E-state index in [1.165, 1.54) is 10.9 Å². The topological polar surface area (TPSA) is 115 Å². The Labute approximate surface area is 250 Å². The van der Waals surface area contributed by atoms with Crippen molar-refractivity contribution in [1.29, 1.82) is 0 Å². The molecule has 6 rings (SSSR count). The smallest absolute Gasteiger partial charge is 0.328 e. The third-order valence-corrected chi connectivity index (χ3v) is 7.66. The predicted molar refractivity (Wildman–Crippen MR) is 165 cm³/mol. The minimum Gasteiger partial charge on any atom is -0.497 e. The van der Waals surface area contributed by atoms with Crippen molar-refractivity contribution in [3.8, 4) is 11.5 Å². The molecule has 0 aliphatic carbocycles. The van der Waals surface area contributed by atoms with Crippen LogP contribution in [0.4, 0.5) is 27.7 Å². The highest BCUT2D eigenvalue weighted by atomic mass is 16.5. The van der Waals surface area contributed by atoms with Gasteiger partial charge in [0.1, 0.15) is 29.2 Å². The highest BCUT2D eigenvalue weighted by molar-refractivity contribution is 5.95. The minimum absolute atomic E-state index is 0.151. The second-order valence-corrected chi connectivity index (χ2v) is 10.8. The Kier molecular flexibility index (Phi) is 8.21. The number of anilines is 4. The molecule has 226 valence electrons. The molecule has 43 heavy (non-hydrogen) atoms. The lowest BCUT2D eigenvalue weighted by Gasteiger charge is -2.33. The molecule has 1 unspecified atom stereocenters.